The van der Waals surface area contributed by atoms with Crippen molar-refractivity contribution in [3.63, 3.8) is 0 Å². The summed E-state index contributed by atoms with van der Waals surface area (Å²) in [4.78, 5) is 30.0. The Kier molecular flexibility index (Phi) is 7.63. The van der Waals surface area contributed by atoms with E-state index in [4.69, 9.17) is 10.00 Å². The van der Waals surface area contributed by atoms with E-state index >= 15 is 4.39 Å². The van der Waals surface area contributed by atoms with Crippen molar-refractivity contribution in [2.75, 3.05) is 26.2 Å². The third-order valence-corrected chi connectivity index (χ3v) is 6.47. The third kappa shape index (κ3) is 5.96. The van der Waals surface area contributed by atoms with Gasteiger partial charge >= 0.3 is 0 Å². The molecule has 0 spiro atoms. The molecule has 0 unspecified atom stereocenters. The molecule has 0 saturated carbocycles. The van der Waals surface area contributed by atoms with Crippen LogP contribution in [0, 0.1) is 17.1 Å². The number of nitrogens with one attached hydrogen (secondary N) is 2. The second-order valence-corrected chi connectivity index (χ2v) is 9.07. The molecule has 39 heavy (non-hydrogen) atoms. The zero-order chi connectivity index (χ0) is 27.2. The second-order valence-electron chi connectivity index (χ2n) is 9.07. The molecule has 10 nitrogen and oxygen atoms in total. The van der Waals surface area contributed by atoms with Crippen molar-refractivity contribution in [2.24, 2.45) is 0 Å². The van der Waals surface area contributed by atoms with Gasteiger partial charge in [0.25, 0.3) is 5.91 Å². The number of ether oxygens (including phenoxy) is 1. The lowest BCUT2D eigenvalue weighted by molar-refractivity contribution is -0.131. The molecule has 1 aliphatic rings. The fourth-order valence-electron chi connectivity index (χ4n) is 4.49. The maximum absolute atomic E-state index is 15.6. The Bertz CT molecular complexity index is 1570. The summed E-state index contributed by atoms with van der Waals surface area (Å²) in [5.41, 5.74) is 2.08. The number of rotatable bonds is 9. The Hall–Kier alpha value is -4.98. The molecule has 3 heterocycles. The Balaban J connectivity index is 1.20. The number of hydrogen-bond acceptors (Lipinski definition) is 6. The highest BCUT2D eigenvalue weighted by Gasteiger charge is 2.22. The van der Waals surface area contributed by atoms with Crippen molar-refractivity contribution < 1.29 is 18.7 Å². The number of amides is 2. The van der Waals surface area contributed by atoms with Crippen LogP contribution in [0.4, 0.5) is 4.39 Å². The number of benzene rings is 2. The standard InChI is InChI=1S/C28H26FN7O3/c29-26-23(21-4-2-11-35(18-21)25(37)8-12-36-13-9-32-34-36)7-6-20-16-24(33-27(20)26)28(38)31-10-14-39-22-5-1-3-19(15-22)17-30/h1,3-7,9,13,15-16,33H,2,8,10-12,14,18H2,(H,31,38). The largest absolute Gasteiger partial charge is 0.492 e. The van der Waals surface area contributed by atoms with Gasteiger partial charge in [0.05, 0.1) is 36.4 Å². The first kappa shape index (κ1) is 25.7. The van der Waals surface area contributed by atoms with E-state index in [0.29, 0.717) is 48.3 Å². The van der Waals surface area contributed by atoms with Gasteiger partial charge in [-0.15, -0.1) is 5.10 Å². The molecule has 198 valence electrons. The van der Waals surface area contributed by atoms with E-state index in [1.807, 2.05) is 12.1 Å². The van der Waals surface area contributed by atoms with Crippen LogP contribution in [0.5, 0.6) is 5.75 Å². The van der Waals surface area contributed by atoms with E-state index in [2.05, 4.69) is 20.6 Å². The van der Waals surface area contributed by atoms with Crippen LogP contribution in [0.15, 0.2) is 60.9 Å². The van der Waals surface area contributed by atoms with Gasteiger partial charge in [0.2, 0.25) is 5.91 Å². The molecule has 0 radical (unpaired) electrons. The highest BCUT2D eigenvalue weighted by atomic mass is 19.1. The summed E-state index contributed by atoms with van der Waals surface area (Å²) >= 11 is 0. The first-order valence-corrected chi connectivity index (χ1v) is 12.6. The maximum atomic E-state index is 15.6. The van der Waals surface area contributed by atoms with Crippen LogP contribution in [-0.4, -0.2) is 62.9 Å². The minimum Gasteiger partial charge on any atom is -0.492 e. The van der Waals surface area contributed by atoms with Crippen LogP contribution in [0.25, 0.3) is 16.5 Å². The van der Waals surface area contributed by atoms with Gasteiger partial charge in [0.15, 0.2) is 5.82 Å². The van der Waals surface area contributed by atoms with E-state index in [-0.39, 0.29) is 42.6 Å². The smallest absolute Gasteiger partial charge is 0.267 e. The van der Waals surface area contributed by atoms with Gasteiger partial charge in [-0.25, -0.2) is 4.39 Å². The maximum Gasteiger partial charge on any atom is 0.267 e. The normalized spacial score (nSPS) is 13.1. The van der Waals surface area contributed by atoms with E-state index in [1.54, 1.807) is 64.4 Å². The zero-order valence-electron chi connectivity index (χ0n) is 21.1. The number of carbonyl (C=O) groups excluding carboxylic acids is 2. The van der Waals surface area contributed by atoms with Gasteiger partial charge in [0.1, 0.15) is 18.1 Å². The van der Waals surface area contributed by atoms with Crippen LogP contribution in [-0.2, 0) is 11.3 Å². The lowest BCUT2D eigenvalue weighted by Gasteiger charge is -2.28. The Morgan fingerprint density at radius 1 is 1.23 bits per heavy atom. The van der Waals surface area contributed by atoms with Crippen LogP contribution in [0.1, 0.15) is 34.5 Å². The number of H-pyrrole nitrogens is 1. The SMILES string of the molecule is N#Cc1cccc(OCCNC(=O)c2cc3ccc(C4=CCCN(C(=O)CCn5ccnn5)C4)c(F)c3[nH]2)c1. The van der Waals surface area contributed by atoms with Crippen molar-refractivity contribution in [1.82, 2.24) is 30.2 Å². The van der Waals surface area contributed by atoms with Crippen molar-refractivity contribution in [1.29, 1.82) is 5.26 Å². The summed E-state index contributed by atoms with van der Waals surface area (Å²) in [6.07, 6.45) is 6.13. The first-order chi connectivity index (χ1) is 19.0. The fraction of sp³-hybridized carbons (Fsp3) is 0.250. The molecule has 11 heteroatoms. The third-order valence-electron chi connectivity index (χ3n) is 6.47. The minimum absolute atomic E-state index is 0.0295. The average Bonchev–Trinajstić information content (AvgIpc) is 3.65. The summed E-state index contributed by atoms with van der Waals surface area (Å²) in [5, 5.41) is 19.9. The Labute approximate surface area is 223 Å². The molecule has 5 rings (SSSR count). The van der Waals surface area contributed by atoms with Crippen molar-refractivity contribution in [3.8, 4) is 11.8 Å². The predicted octanol–water partition coefficient (Wildman–Crippen LogP) is 3.28. The second kappa shape index (κ2) is 11.6. The Morgan fingerprint density at radius 3 is 2.95 bits per heavy atom. The quantitative estimate of drug-likeness (QED) is 0.322. The minimum atomic E-state index is -0.463. The summed E-state index contributed by atoms with van der Waals surface area (Å²) in [6, 6.07) is 13.8. The highest BCUT2D eigenvalue weighted by Crippen LogP contribution is 2.29. The van der Waals surface area contributed by atoms with Gasteiger partial charge in [-0.05, 0) is 36.3 Å². The van der Waals surface area contributed by atoms with Crippen molar-refractivity contribution >= 4 is 28.3 Å². The van der Waals surface area contributed by atoms with Crippen LogP contribution < -0.4 is 10.1 Å². The predicted molar refractivity (Wildman–Crippen MR) is 141 cm³/mol. The van der Waals surface area contributed by atoms with Crippen molar-refractivity contribution in [3.05, 3.63) is 83.6 Å². The van der Waals surface area contributed by atoms with E-state index in [9.17, 15) is 9.59 Å². The number of nitrogens with zero attached hydrogens (tertiary/aromatic N) is 5. The zero-order valence-corrected chi connectivity index (χ0v) is 21.1. The monoisotopic (exact) mass is 527 g/mol. The molecule has 0 bridgehead atoms. The van der Waals surface area contributed by atoms with Gasteiger partial charge in [-0.2, -0.15) is 5.26 Å². The summed E-state index contributed by atoms with van der Waals surface area (Å²) < 4.78 is 22.8. The number of aromatic amines is 1. The molecule has 2 N–H and O–H groups in total. The lowest BCUT2D eigenvalue weighted by atomic mass is 9.99. The fourth-order valence-corrected chi connectivity index (χ4v) is 4.49. The highest BCUT2D eigenvalue weighted by molar-refractivity contribution is 5.99. The van der Waals surface area contributed by atoms with E-state index < -0.39 is 5.82 Å². The first-order valence-electron chi connectivity index (χ1n) is 12.6. The summed E-state index contributed by atoms with van der Waals surface area (Å²) in [7, 11) is 0. The molecule has 0 saturated heterocycles. The van der Waals surface area contributed by atoms with Gasteiger partial charge in [-0.1, -0.05) is 29.5 Å². The summed E-state index contributed by atoms with van der Waals surface area (Å²) in [5.74, 6) is -0.341. The topological polar surface area (TPSA) is 129 Å². The molecule has 0 fully saturated rings. The van der Waals surface area contributed by atoms with E-state index in [0.717, 1.165) is 5.57 Å². The number of aromatic nitrogens is 4. The molecule has 1 aliphatic heterocycles. The average molecular weight is 528 g/mol. The molecule has 0 aliphatic carbocycles. The molecule has 0 atom stereocenters. The summed E-state index contributed by atoms with van der Waals surface area (Å²) in [6.45, 7) is 1.75. The lowest BCUT2D eigenvalue weighted by Crippen LogP contribution is -2.36. The number of carbonyl (C=O) groups is 2. The van der Waals surface area contributed by atoms with Gasteiger partial charge in [0, 0.05) is 36.7 Å². The molecule has 2 aromatic carbocycles. The number of halogens is 1. The number of fused-ring (bicyclic) bond motifs is 1. The van der Waals surface area contributed by atoms with E-state index in [1.165, 1.54) is 0 Å². The van der Waals surface area contributed by atoms with Gasteiger partial charge in [-0.3, -0.25) is 14.3 Å². The molecule has 4 aromatic rings. The number of hydrogen-bond donors (Lipinski definition) is 2. The number of aryl methyl sites for hydroxylation is 1. The van der Waals surface area contributed by atoms with Crippen LogP contribution in [0.2, 0.25) is 0 Å². The molecule has 2 aromatic heterocycles. The Morgan fingerprint density at radius 2 is 2.13 bits per heavy atom. The number of nitriles is 1. The van der Waals surface area contributed by atoms with Crippen LogP contribution in [0.3, 0.4) is 0 Å². The van der Waals surface area contributed by atoms with Crippen molar-refractivity contribution in [2.45, 2.75) is 19.4 Å². The molecular formula is C28H26FN7O3. The molecule has 2 amide bonds. The molecular weight excluding hydrogens is 501 g/mol. The van der Waals surface area contributed by atoms with Crippen LogP contribution >= 0.6 is 0 Å². The van der Waals surface area contributed by atoms with Gasteiger partial charge < -0.3 is 19.9 Å².